The highest BCUT2D eigenvalue weighted by Gasteiger charge is 2.27. The number of methoxy groups -OCH3 is 1. The Balaban J connectivity index is 0.000000672. The maximum atomic E-state index is 11.8. The molecule has 7 heteroatoms. The number of imidazole rings is 1. The number of hydrogen-bond donors (Lipinski definition) is 1. The van der Waals surface area contributed by atoms with Gasteiger partial charge in [0.25, 0.3) is 6.47 Å². The van der Waals surface area contributed by atoms with Crippen molar-refractivity contribution in [3.05, 3.63) is 58.9 Å². The van der Waals surface area contributed by atoms with Crippen molar-refractivity contribution in [1.82, 2.24) is 9.55 Å². The maximum Gasteiger partial charge on any atom is 0.335 e. The van der Waals surface area contributed by atoms with Crippen molar-refractivity contribution < 1.29 is 19.4 Å². The Morgan fingerprint density at radius 3 is 2.54 bits per heavy atom. The highest BCUT2D eigenvalue weighted by atomic mass is 16.5. The first-order valence-electron chi connectivity index (χ1n) is 12.5. The van der Waals surface area contributed by atoms with Crippen LogP contribution in [0.2, 0.25) is 0 Å². The third-order valence-corrected chi connectivity index (χ3v) is 7.50. The Kier molecular flexibility index (Phi) is 7.73. The minimum atomic E-state index is -0.871. The van der Waals surface area contributed by atoms with Gasteiger partial charge >= 0.3 is 5.97 Å². The van der Waals surface area contributed by atoms with Crippen LogP contribution >= 0.6 is 0 Å². The fourth-order valence-electron chi connectivity index (χ4n) is 5.54. The number of anilines is 1. The van der Waals surface area contributed by atoms with Crippen LogP contribution in [0.25, 0.3) is 11.0 Å². The van der Waals surface area contributed by atoms with E-state index in [-0.39, 0.29) is 0 Å². The van der Waals surface area contributed by atoms with E-state index in [9.17, 15) is 9.90 Å². The molecule has 1 saturated carbocycles. The van der Waals surface area contributed by atoms with Gasteiger partial charge < -0.3 is 19.3 Å². The number of carboxylic acids is 1. The van der Waals surface area contributed by atoms with Crippen LogP contribution in [0.3, 0.4) is 0 Å². The molecule has 0 bridgehead atoms. The fraction of sp³-hybridized carbons (Fsp3) is 0.464. The SMILES string of the molecule is CC1CCc2c(ccc3c2nc(Cc2ccccc2C(=O)O)n3C2CCCCC2)N1C.COC=O. The molecule has 1 fully saturated rings. The third kappa shape index (κ3) is 5.04. The molecular formula is C28H35N3O4. The Morgan fingerprint density at radius 1 is 1.14 bits per heavy atom. The fourth-order valence-corrected chi connectivity index (χ4v) is 5.54. The van der Waals surface area contributed by atoms with E-state index in [1.807, 2.05) is 12.1 Å². The van der Waals surface area contributed by atoms with Crippen LogP contribution in [0.5, 0.6) is 0 Å². The monoisotopic (exact) mass is 477 g/mol. The minimum absolute atomic E-state index is 0.375. The summed E-state index contributed by atoms with van der Waals surface area (Å²) in [7, 11) is 3.49. The lowest BCUT2D eigenvalue weighted by Crippen LogP contribution is -2.33. The number of aryl methyl sites for hydroxylation is 1. The summed E-state index contributed by atoms with van der Waals surface area (Å²) in [5.41, 5.74) is 6.18. The van der Waals surface area contributed by atoms with E-state index >= 15 is 0 Å². The van der Waals surface area contributed by atoms with Crippen LogP contribution in [-0.2, 0) is 22.4 Å². The molecule has 0 radical (unpaired) electrons. The summed E-state index contributed by atoms with van der Waals surface area (Å²) in [6.07, 6.45) is 8.88. The number of nitrogens with zero attached hydrogens (tertiary/aromatic N) is 3. The van der Waals surface area contributed by atoms with E-state index < -0.39 is 5.97 Å². The van der Waals surface area contributed by atoms with Crippen LogP contribution in [0.4, 0.5) is 5.69 Å². The molecule has 1 unspecified atom stereocenters. The van der Waals surface area contributed by atoms with Crippen molar-refractivity contribution in [2.75, 3.05) is 19.1 Å². The predicted octanol–water partition coefficient (Wildman–Crippen LogP) is 5.39. The topological polar surface area (TPSA) is 84.7 Å². The van der Waals surface area contributed by atoms with Gasteiger partial charge in [0.05, 0.1) is 23.7 Å². The molecule has 0 saturated heterocycles. The zero-order valence-electron chi connectivity index (χ0n) is 20.9. The molecular weight excluding hydrogens is 442 g/mol. The van der Waals surface area contributed by atoms with Crippen molar-refractivity contribution in [1.29, 1.82) is 0 Å². The largest absolute Gasteiger partial charge is 0.478 e. The van der Waals surface area contributed by atoms with Crippen LogP contribution < -0.4 is 4.90 Å². The highest BCUT2D eigenvalue weighted by molar-refractivity contribution is 5.90. The summed E-state index contributed by atoms with van der Waals surface area (Å²) in [5.74, 6) is 0.134. The molecule has 5 rings (SSSR count). The van der Waals surface area contributed by atoms with Crippen molar-refractivity contribution in [2.24, 2.45) is 0 Å². The summed E-state index contributed by atoms with van der Waals surface area (Å²) in [4.78, 5) is 28.3. The van der Waals surface area contributed by atoms with Gasteiger partial charge in [-0.05, 0) is 56.4 Å². The van der Waals surface area contributed by atoms with Gasteiger partial charge in [0.15, 0.2) is 0 Å². The Morgan fingerprint density at radius 2 is 1.86 bits per heavy atom. The van der Waals surface area contributed by atoms with Gasteiger partial charge in [-0.25, -0.2) is 9.78 Å². The van der Waals surface area contributed by atoms with Crippen LogP contribution in [0.15, 0.2) is 36.4 Å². The number of carboxylic acid groups (broad SMARTS) is 1. The first kappa shape index (κ1) is 24.8. The third-order valence-electron chi connectivity index (χ3n) is 7.50. The molecule has 1 aliphatic carbocycles. The zero-order chi connectivity index (χ0) is 24.9. The molecule has 1 aromatic heterocycles. The van der Waals surface area contributed by atoms with Crippen LogP contribution in [0, 0.1) is 0 Å². The summed E-state index contributed by atoms with van der Waals surface area (Å²) in [5, 5.41) is 9.68. The summed E-state index contributed by atoms with van der Waals surface area (Å²) >= 11 is 0. The van der Waals surface area contributed by atoms with Gasteiger partial charge in [-0.15, -0.1) is 0 Å². The van der Waals surface area contributed by atoms with Gasteiger partial charge in [0.2, 0.25) is 0 Å². The highest BCUT2D eigenvalue weighted by Crippen LogP contribution is 2.39. The van der Waals surface area contributed by atoms with E-state index in [0.717, 1.165) is 29.7 Å². The quantitative estimate of drug-likeness (QED) is 0.496. The standard InChI is InChI=1S/C26H31N3O2.C2H4O2/c1-17-12-13-21-22(28(17)2)14-15-23-25(21)27-24(29(23)19-9-4-3-5-10-19)16-18-8-6-7-11-20(18)26(30)31;1-4-2-3/h6-8,11,14-15,17,19H,3-5,9-10,12-13,16H2,1-2H3,(H,30,31);2H,1H3. The van der Waals surface area contributed by atoms with Gasteiger partial charge in [-0.3, -0.25) is 4.79 Å². The molecule has 1 N–H and O–H groups in total. The lowest BCUT2D eigenvalue weighted by atomic mass is 9.94. The molecule has 1 aliphatic heterocycles. The zero-order valence-corrected chi connectivity index (χ0v) is 20.9. The van der Waals surface area contributed by atoms with Gasteiger partial charge in [0.1, 0.15) is 5.82 Å². The molecule has 7 nitrogen and oxygen atoms in total. The van der Waals surface area contributed by atoms with Crippen molar-refractivity contribution in [3.63, 3.8) is 0 Å². The average molecular weight is 478 g/mol. The van der Waals surface area contributed by atoms with Gasteiger partial charge in [-0.2, -0.15) is 0 Å². The van der Waals surface area contributed by atoms with Crippen LogP contribution in [-0.4, -0.2) is 47.3 Å². The molecule has 1 atom stereocenters. The number of ether oxygens (including phenoxy) is 1. The number of carbonyl (C=O) groups excluding carboxylic acids is 1. The number of benzene rings is 2. The number of aromatic carboxylic acids is 1. The summed E-state index contributed by atoms with van der Waals surface area (Å²) in [6, 6.07) is 12.8. The first-order chi connectivity index (χ1) is 17.0. The van der Waals surface area contributed by atoms with Crippen LogP contribution in [0.1, 0.15) is 78.8 Å². The molecule has 35 heavy (non-hydrogen) atoms. The average Bonchev–Trinajstić information content (AvgIpc) is 3.25. The van der Waals surface area contributed by atoms with Gasteiger partial charge in [0, 0.05) is 36.8 Å². The Labute approximate surface area is 206 Å². The Bertz CT molecular complexity index is 1200. The number of aromatic nitrogens is 2. The van der Waals surface area contributed by atoms with E-state index in [4.69, 9.17) is 9.78 Å². The number of carbonyl (C=O) groups is 2. The normalized spacial score (nSPS) is 17.9. The van der Waals surface area contributed by atoms with E-state index in [1.165, 1.54) is 56.0 Å². The van der Waals surface area contributed by atoms with E-state index in [1.54, 1.807) is 12.1 Å². The number of hydrogen-bond acceptors (Lipinski definition) is 5. The molecule has 2 aliphatic rings. The molecule has 3 aromatic rings. The van der Waals surface area contributed by atoms with Crippen molar-refractivity contribution >= 4 is 29.2 Å². The van der Waals surface area contributed by atoms with Crippen molar-refractivity contribution in [2.45, 2.75) is 70.4 Å². The smallest absolute Gasteiger partial charge is 0.335 e. The van der Waals surface area contributed by atoms with E-state index in [2.05, 4.69) is 40.3 Å². The summed E-state index contributed by atoms with van der Waals surface area (Å²) in [6.45, 7) is 2.65. The predicted molar refractivity (Wildman–Crippen MR) is 137 cm³/mol. The first-order valence-corrected chi connectivity index (χ1v) is 12.5. The molecule has 2 aromatic carbocycles. The molecule has 2 heterocycles. The van der Waals surface area contributed by atoms with Gasteiger partial charge in [-0.1, -0.05) is 37.5 Å². The minimum Gasteiger partial charge on any atom is -0.478 e. The van der Waals surface area contributed by atoms with Crippen molar-refractivity contribution in [3.8, 4) is 0 Å². The molecule has 0 spiro atoms. The second-order valence-corrected chi connectivity index (χ2v) is 9.59. The summed E-state index contributed by atoms with van der Waals surface area (Å²) < 4.78 is 6.31. The molecule has 186 valence electrons. The molecule has 0 amide bonds. The maximum absolute atomic E-state index is 11.8. The lowest BCUT2D eigenvalue weighted by Gasteiger charge is -2.34. The lowest BCUT2D eigenvalue weighted by molar-refractivity contribution is -0.126. The second kappa shape index (κ2) is 10.9. The number of fused-ring (bicyclic) bond motifs is 3. The second-order valence-electron chi connectivity index (χ2n) is 9.59. The van der Waals surface area contributed by atoms with E-state index in [0.29, 0.717) is 30.5 Å². The number of rotatable bonds is 5. The Hall–Kier alpha value is -3.35.